The molecule has 0 heterocycles. The molecule has 0 aromatic carbocycles. The van der Waals surface area contributed by atoms with Crippen molar-refractivity contribution in [2.24, 2.45) is 11.8 Å². The van der Waals surface area contributed by atoms with Crippen molar-refractivity contribution in [3.05, 3.63) is 25.3 Å². The van der Waals surface area contributed by atoms with Gasteiger partial charge in [-0.2, -0.15) is 0 Å². The summed E-state index contributed by atoms with van der Waals surface area (Å²) in [4.78, 5) is 11.0. The van der Waals surface area contributed by atoms with Crippen molar-refractivity contribution in [3.63, 3.8) is 0 Å². The highest BCUT2D eigenvalue weighted by molar-refractivity contribution is 5.78. The van der Waals surface area contributed by atoms with Gasteiger partial charge in [0.1, 0.15) is 0 Å². The Labute approximate surface area is 66.9 Å². The Morgan fingerprint density at radius 2 is 1.91 bits per heavy atom. The Morgan fingerprint density at radius 1 is 1.45 bits per heavy atom. The molecule has 0 aliphatic carbocycles. The third kappa shape index (κ3) is 3.57. The molecule has 0 fully saturated rings. The van der Waals surface area contributed by atoms with E-state index < -0.39 is 0 Å². The van der Waals surface area contributed by atoms with E-state index in [0.717, 1.165) is 0 Å². The largest absolute Gasteiger partial charge is 0.294 e. The van der Waals surface area contributed by atoms with Gasteiger partial charge in [-0.25, -0.2) is 5.84 Å². The highest BCUT2D eigenvalue weighted by Gasteiger charge is 2.12. The molecule has 0 spiro atoms. The van der Waals surface area contributed by atoms with Gasteiger partial charge in [0.2, 0.25) is 5.91 Å². The first-order valence-corrected chi connectivity index (χ1v) is 3.48. The Morgan fingerprint density at radius 3 is 2.18 bits per heavy atom. The van der Waals surface area contributed by atoms with Gasteiger partial charge in [-0.15, -0.1) is 13.2 Å². The zero-order valence-electron chi connectivity index (χ0n) is 6.55. The molecule has 0 saturated heterocycles. The third-order valence-corrected chi connectivity index (χ3v) is 1.42. The van der Waals surface area contributed by atoms with Crippen LogP contribution in [0.15, 0.2) is 25.3 Å². The number of amides is 1. The average molecular weight is 154 g/mol. The lowest BCUT2D eigenvalue weighted by molar-refractivity contribution is -0.124. The van der Waals surface area contributed by atoms with E-state index >= 15 is 0 Å². The molecule has 0 aliphatic heterocycles. The van der Waals surface area contributed by atoms with E-state index in [1.165, 1.54) is 0 Å². The molecule has 0 aromatic rings. The van der Waals surface area contributed by atoms with E-state index in [1.54, 1.807) is 12.2 Å². The third-order valence-electron chi connectivity index (χ3n) is 1.42. The lowest BCUT2D eigenvalue weighted by Gasteiger charge is -2.09. The quantitative estimate of drug-likeness (QED) is 0.265. The van der Waals surface area contributed by atoms with Gasteiger partial charge in [-0.3, -0.25) is 10.2 Å². The normalized spacial score (nSPS) is 9.27. The van der Waals surface area contributed by atoms with Crippen LogP contribution in [0.25, 0.3) is 0 Å². The van der Waals surface area contributed by atoms with Crippen LogP contribution >= 0.6 is 0 Å². The monoisotopic (exact) mass is 154 g/mol. The Bertz CT molecular complexity index is 144. The van der Waals surface area contributed by atoms with Crippen molar-refractivity contribution in [2.45, 2.75) is 12.8 Å². The van der Waals surface area contributed by atoms with Gasteiger partial charge in [0, 0.05) is 5.92 Å². The van der Waals surface area contributed by atoms with E-state index in [9.17, 15) is 4.79 Å². The molecule has 3 N–H and O–H groups in total. The molecular weight excluding hydrogens is 140 g/mol. The number of nitrogens with one attached hydrogen (secondary N) is 1. The summed E-state index contributed by atoms with van der Waals surface area (Å²) >= 11 is 0. The summed E-state index contributed by atoms with van der Waals surface area (Å²) in [6, 6.07) is 0. The molecule has 3 heteroatoms. The van der Waals surface area contributed by atoms with Crippen molar-refractivity contribution in [2.75, 3.05) is 0 Å². The van der Waals surface area contributed by atoms with Crippen LogP contribution in [0.5, 0.6) is 0 Å². The van der Waals surface area contributed by atoms with Gasteiger partial charge >= 0.3 is 0 Å². The van der Waals surface area contributed by atoms with Crippen LogP contribution in [-0.2, 0) is 4.79 Å². The van der Waals surface area contributed by atoms with E-state index in [2.05, 4.69) is 18.6 Å². The van der Waals surface area contributed by atoms with Crippen molar-refractivity contribution >= 4 is 5.91 Å². The highest BCUT2D eigenvalue weighted by atomic mass is 16.2. The van der Waals surface area contributed by atoms with Gasteiger partial charge in [0.05, 0.1) is 0 Å². The maximum atomic E-state index is 11.0. The SMILES string of the molecule is C=CCC(CC=C)C(=O)NN. The second-order valence-electron chi connectivity index (χ2n) is 2.25. The minimum absolute atomic E-state index is 0.116. The van der Waals surface area contributed by atoms with Crippen LogP contribution in [0.3, 0.4) is 0 Å². The Hall–Kier alpha value is -1.09. The van der Waals surface area contributed by atoms with Gasteiger partial charge in [-0.1, -0.05) is 12.2 Å². The fourth-order valence-electron chi connectivity index (χ4n) is 0.831. The predicted octanol–water partition coefficient (Wildman–Crippen LogP) is 0.745. The minimum atomic E-state index is -0.162. The zero-order valence-corrected chi connectivity index (χ0v) is 6.55. The summed E-state index contributed by atoms with van der Waals surface area (Å²) in [5.41, 5.74) is 2.10. The number of nitrogens with two attached hydrogens (primary N) is 1. The summed E-state index contributed by atoms with van der Waals surface area (Å²) in [6.45, 7) is 7.09. The van der Waals surface area contributed by atoms with Crippen LogP contribution in [0.2, 0.25) is 0 Å². The topological polar surface area (TPSA) is 55.1 Å². The summed E-state index contributed by atoms with van der Waals surface area (Å²) in [5.74, 6) is 4.69. The number of hydrogen-bond acceptors (Lipinski definition) is 2. The number of allylic oxidation sites excluding steroid dienone is 2. The van der Waals surface area contributed by atoms with Crippen molar-refractivity contribution in [1.82, 2.24) is 5.43 Å². The fourth-order valence-corrected chi connectivity index (χ4v) is 0.831. The molecule has 0 bridgehead atoms. The number of hydrogen-bond donors (Lipinski definition) is 2. The number of rotatable bonds is 5. The highest BCUT2D eigenvalue weighted by Crippen LogP contribution is 2.08. The summed E-state index contributed by atoms with van der Waals surface area (Å²) in [5, 5.41) is 0. The summed E-state index contributed by atoms with van der Waals surface area (Å²) in [6.07, 6.45) is 4.66. The average Bonchev–Trinajstić information content (AvgIpc) is 2.03. The Balaban J connectivity index is 3.95. The van der Waals surface area contributed by atoms with Crippen molar-refractivity contribution in [1.29, 1.82) is 0 Å². The Kier molecular flexibility index (Phi) is 5.11. The maximum absolute atomic E-state index is 11.0. The van der Waals surface area contributed by atoms with E-state index in [1.807, 2.05) is 0 Å². The van der Waals surface area contributed by atoms with Gasteiger partial charge in [0.15, 0.2) is 0 Å². The molecular formula is C8H14N2O. The van der Waals surface area contributed by atoms with Crippen molar-refractivity contribution < 1.29 is 4.79 Å². The van der Waals surface area contributed by atoms with Crippen LogP contribution < -0.4 is 11.3 Å². The smallest absolute Gasteiger partial charge is 0.237 e. The molecule has 0 saturated carbocycles. The minimum Gasteiger partial charge on any atom is -0.294 e. The molecule has 0 rings (SSSR count). The molecule has 62 valence electrons. The van der Waals surface area contributed by atoms with Crippen LogP contribution in [0.4, 0.5) is 0 Å². The van der Waals surface area contributed by atoms with Crippen LogP contribution in [0.1, 0.15) is 12.8 Å². The molecule has 0 aliphatic rings. The van der Waals surface area contributed by atoms with E-state index in [-0.39, 0.29) is 11.8 Å². The van der Waals surface area contributed by atoms with Crippen LogP contribution in [0, 0.1) is 5.92 Å². The molecule has 0 aromatic heterocycles. The van der Waals surface area contributed by atoms with Gasteiger partial charge < -0.3 is 0 Å². The number of hydrazine groups is 1. The zero-order chi connectivity index (χ0) is 8.69. The lowest BCUT2D eigenvalue weighted by Crippen LogP contribution is -2.35. The van der Waals surface area contributed by atoms with E-state index in [0.29, 0.717) is 12.8 Å². The summed E-state index contributed by atoms with van der Waals surface area (Å²) < 4.78 is 0. The fraction of sp³-hybridized carbons (Fsp3) is 0.375. The second-order valence-corrected chi connectivity index (χ2v) is 2.25. The first-order chi connectivity index (χ1) is 5.26. The lowest BCUT2D eigenvalue weighted by atomic mass is 10.0. The van der Waals surface area contributed by atoms with Crippen molar-refractivity contribution in [3.8, 4) is 0 Å². The second kappa shape index (κ2) is 5.68. The molecule has 3 nitrogen and oxygen atoms in total. The van der Waals surface area contributed by atoms with Gasteiger partial charge in [-0.05, 0) is 12.8 Å². The molecule has 0 unspecified atom stereocenters. The summed E-state index contributed by atoms with van der Waals surface area (Å²) in [7, 11) is 0. The first kappa shape index (κ1) is 9.91. The molecule has 0 radical (unpaired) electrons. The maximum Gasteiger partial charge on any atom is 0.237 e. The molecule has 1 amide bonds. The number of carbonyl (C=O) groups is 1. The predicted molar refractivity (Wildman–Crippen MR) is 45.4 cm³/mol. The standard InChI is InChI=1S/C8H14N2O/c1-3-5-7(6-4-2)8(11)10-9/h3-4,7H,1-2,5-6,9H2,(H,10,11). The van der Waals surface area contributed by atoms with E-state index in [4.69, 9.17) is 5.84 Å². The van der Waals surface area contributed by atoms with Gasteiger partial charge in [0.25, 0.3) is 0 Å². The van der Waals surface area contributed by atoms with Crippen LogP contribution in [-0.4, -0.2) is 5.91 Å². The molecule has 0 atom stereocenters. The molecule has 11 heavy (non-hydrogen) atoms. The first-order valence-electron chi connectivity index (χ1n) is 3.48. The number of carbonyl (C=O) groups excluding carboxylic acids is 1.